The quantitative estimate of drug-likeness (QED) is 0.716. The largest absolute Gasteiger partial charge is 0.340 e. The Labute approximate surface area is 103 Å². The number of H-pyrrole nitrogens is 1. The number of rotatable bonds is 3. The van der Waals surface area contributed by atoms with E-state index in [4.69, 9.17) is 0 Å². The molecule has 0 amide bonds. The highest BCUT2D eigenvalue weighted by atomic mass is 32.2. The zero-order valence-electron chi connectivity index (χ0n) is 9.13. The second-order valence-corrected chi connectivity index (χ2v) is 4.71. The van der Waals surface area contributed by atoms with E-state index >= 15 is 0 Å². The molecule has 1 aromatic carbocycles. The first-order valence-corrected chi connectivity index (χ1v) is 6.38. The highest BCUT2D eigenvalue weighted by molar-refractivity contribution is 7.98. The maximum atomic E-state index is 4.44. The number of hydrogen-bond donors (Lipinski definition) is 1. The molecule has 17 heavy (non-hydrogen) atoms. The smallest absolute Gasteiger partial charge is 0.177 e. The second-order valence-electron chi connectivity index (χ2n) is 3.66. The van der Waals surface area contributed by atoms with Crippen LogP contribution in [0.4, 0.5) is 0 Å². The molecule has 3 rings (SSSR count). The van der Waals surface area contributed by atoms with Crippen molar-refractivity contribution < 1.29 is 0 Å². The lowest BCUT2D eigenvalue weighted by Crippen LogP contribution is -1.82. The van der Waals surface area contributed by atoms with Gasteiger partial charge in [0.05, 0.1) is 11.3 Å². The number of fused-ring (bicyclic) bond motifs is 1. The summed E-state index contributed by atoms with van der Waals surface area (Å²) in [5.74, 6) is 1.80. The lowest BCUT2D eigenvalue weighted by Gasteiger charge is -1.97. The molecule has 0 aliphatic carbocycles. The van der Waals surface area contributed by atoms with Crippen molar-refractivity contribution in [2.45, 2.75) is 10.6 Å². The Morgan fingerprint density at radius 1 is 1.06 bits per heavy atom. The Bertz CT molecular complexity index is 586. The Balaban J connectivity index is 1.77. The van der Waals surface area contributed by atoms with Gasteiger partial charge in [-0.2, -0.15) is 0 Å². The van der Waals surface area contributed by atoms with E-state index in [0.717, 1.165) is 22.7 Å². The van der Waals surface area contributed by atoms with Crippen LogP contribution in [0.15, 0.2) is 53.6 Å². The fourth-order valence-electron chi connectivity index (χ4n) is 1.63. The minimum Gasteiger partial charge on any atom is -0.340 e. The van der Waals surface area contributed by atoms with E-state index in [1.807, 2.05) is 30.3 Å². The predicted octanol–water partition coefficient (Wildman–Crippen LogP) is 3.25. The number of aromatic amines is 1. The molecule has 2 aromatic heterocycles. The zero-order valence-corrected chi connectivity index (χ0v) is 9.95. The number of pyridine rings is 1. The van der Waals surface area contributed by atoms with Crippen LogP contribution in [0.5, 0.6) is 0 Å². The van der Waals surface area contributed by atoms with Crippen molar-refractivity contribution in [1.29, 1.82) is 0 Å². The highest BCUT2D eigenvalue weighted by Gasteiger charge is 2.03. The number of imidazole rings is 1. The van der Waals surface area contributed by atoms with Gasteiger partial charge in [0, 0.05) is 11.1 Å². The maximum absolute atomic E-state index is 4.44. The molecule has 0 unspecified atom stereocenters. The molecular formula is C13H11N3S. The summed E-state index contributed by atoms with van der Waals surface area (Å²) in [5, 5.41) is 0. The first kappa shape index (κ1) is 10.4. The summed E-state index contributed by atoms with van der Waals surface area (Å²) < 4.78 is 0. The van der Waals surface area contributed by atoms with Gasteiger partial charge in [-0.05, 0) is 24.3 Å². The third-order valence-electron chi connectivity index (χ3n) is 2.43. The number of benzene rings is 1. The summed E-state index contributed by atoms with van der Waals surface area (Å²) in [5.41, 5.74) is 1.78. The summed E-state index contributed by atoms with van der Waals surface area (Å²) in [6, 6.07) is 14.2. The molecule has 0 radical (unpaired) electrons. The fourth-order valence-corrected chi connectivity index (χ4v) is 2.42. The minimum atomic E-state index is 0.788. The molecule has 3 nitrogen and oxygen atoms in total. The van der Waals surface area contributed by atoms with Crippen molar-refractivity contribution in [2.24, 2.45) is 0 Å². The normalized spacial score (nSPS) is 10.8. The van der Waals surface area contributed by atoms with Crippen LogP contribution in [-0.2, 0) is 5.75 Å². The molecule has 0 saturated heterocycles. The van der Waals surface area contributed by atoms with Crippen molar-refractivity contribution in [3.8, 4) is 0 Å². The van der Waals surface area contributed by atoms with E-state index in [-0.39, 0.29) is 0 Å². The van der Waals surface area contributed by atoms with Crippen molar-refractivity contribution >= 4 is 22.9 Å². The monoisotopic (exact) mass is 241 g/mol. The Kier molecular flexibility index (Phi) is 2.80. The predicted molar refractivity (Wildman–Crippen MR) is 69.9 cm³/mol. The molecule has 0 aliphatic heterocycles. The van der Waals surface area contributed by atoms with Gasteiger partial charge in [0.1, 0.15) is 5.82 Å². The van der Waals surface area contributed by atoms with Gasteiger partial charge in [-0.15, -0.1) is 11.8 Å². The topological polar surface area (TPSA) is 41.6 Å². The lowest BCUT2D eigenvalue weighted by molar-refractivity contribution is 1.13. The molecule has 0 atom stereocenters. The van der Waals surface area contributed by atoms with Gasteiger partial charge in [-0.3, -0.25) is 0 Å². The molecule has 2 heterocycles. The van der Waals surface area contributed by atoms with Crippen LogP contribution in [0.1, 0.15) is 5.82 Å². The molecule has 0 aliphatic rings. The van der Waals surface area contributed by atoms with Crippen LogP contribution >= 0.6 is 11.8 Å². The van der Waals surface area contributed by atoms with Crippen molar-refractivity contribution in [3.63, 3.8) is 0 Å². The maximum Gasteiger partial charge on any atom is 0.177 e. The van der Waals surface area contributed by atoms with Crippen LogP contribution in [0.25, 0.3) is 11.2 Å². The van der Waals surface area contributed by atoms with E-state index in [2.05, 4.69) is 27.1 Å². The van der Waals surface area contributed by atoms with Crippen LogP contribution in [0.3, 0.4) is 0 Å². The number of aromatic nitrogens is 3. The summed E-state index contributed by atoms with van der Waals surface area (Å²) in [6.45, 7) is 0. The van der Waals surface area contributed by atoms with E-state index < -0.39 is 0 Å². The number of nitrogens with zero attached hydrogens (tertiary/aromatic N) is 2. The first-order valence-electron chi connectivity index (χ1n) is 5.39. The van der Waals surface area contributed by atoms with Gasteiger partial charge < -0.3 is 4.98 Å². The van der Waals surface area contributed by atoms with Crippen molar-refractivity contribution in [3.05, 3.63) is 54.5 Å². The van der Waals surface area contributed by atoms with E-state index in [9.17, 15) is 0 Å². The average molecular weight is 241 g/mol. The minimum absolute atomic E-state index is 0.788. The third-order valence-corrected chi connectivity index (χ3v) is 3.45. The van der Waals surface area contributed by atoms with E-state index in [0.29, 0.717) is 0 Å². The molecule has 0 spiro atoms. The molecule has 1 N–H and O–H groups in total. The molecule has 0 saturated carbocycles. The lowest BCUT2D eigenvalue weighted by atomic mass is 10.4. The molecule has 3 aromatic rings. The van der Waals surface area contributed by atoms with Gasteiger partial charge in [0.25, 0.3) is 0 Å². The Morgan fingerprint density at radius 2 is 1.94 bits per heavy atom. The standard InChI is InChI=1S/C13H11N3S/c1-2-5-10(6-3-1)17-9-12-15-11-7-4-8-14-13(11)16-12/h1-8H,9H2,(H,14,15,16). The summed E-state index contributed by atoms with van der Waals surface area (Å²) in [7, 11) is 0. The summed E-state index contributed by atoms with van der Waals surface area (Å²) >= 11 is 1.77. The average Bonchev–Trinajstić information content (AvgIpc) is 2.80. The van der Waals surface area contributed by atoms with Gasteiger partial charge >= 0.3 is 0 Å². The molecule has 4 heteroatoms. The number of hydrogen-bond acceptors (Lipinski definition) is 3. The zero-order chi connectivity index (χ0) is 11.5. The molecular weight excluding hydrogens is 230 g/mol. The molecule has 0 bridgehead atoms. The Hall–Kier alpha value is -1.81. The van der Waals surface area contributed by atoms with Crippen molar-refractivity contribution in [2.75, 3.05) is 0 Å². The highest BCUT2D eigenvalue weighted by Crippen LogP contribution is 2.21. The third kappa shape index (κ3) is 2.31. The second kappa shape index (κ2) is 4.59. The fraction of sp³-hybridized carbons (Fsp3) is 0.0769. The molecule has 0 fully saturated rings. The number of thioether (sulfide) groups is 1. The summed E-state index contributed by atoms with van der Waals surface area (Å²) in [6.07, 6.45) is 1.76. The SMILES string of the molecule is c1ccc(SCc2nc3ncccc3[nH]2)cc1. The van der Waals surface area contributed by atoms with Crippen LogP contribution in [0.2, 0.25) is 0 Å². The van der Waals surface area contributed by atoms with E-state index in [1.165, 1.54) is 4.90 Å². The van der Waals surface area contributed by atoms with Gasteiger partial charge in [-0.25, -0.2) is 9.97 Å². The van der Waals surface area contributed by atoms with Crippen LogP contribution in [-0.4, -0.2) is 15.0 Å². The number of nitrogens with one attached hydrogen (secondary N) is 1. The summed E-state index contributed by atoms with van der Waals surface area (Å²) in [4.78, 5) is 13.2. The van der Waals surface area contributed by atoms with E-state index in [1.54, 1.807) is 18.0 Å². The van der Waals surface area contributed by atoms with Gasteiger partial charge in [0.2, 0.25) is 0 Å². The Morgan fingerprint density at radius 3 is 2.76 bits per heavy atom. The molecule has 84 valence electrons. The van der Waals surface area contributed by atoms with Crippen LogP contribution < -0.4 is 0 Å². The van der Waals surface area contributed by atoms with Crippen LogP contribution in [0, 0.1) is 0 Å². The van der Waals surface area contributed by atoms with Crippen molar-refractivity contribution in [1.82, 2.24) is 15.0 Å². The first-order chi connectivity index (χ1) is 8.42. The van der Waals surface area contributed by atoms with Gasteiger partial charge in [-0.1, -0.05) is 18.2 Å². The van der Waals surface area contributed by atoms with Gasteiger partial charge in [0.15, 0.2) is 5.65 Å².